The van der Waals surface area contributed by atoms with Crippen molar-refractivity contribution in [2.75, 3.05) is 40.1 Å². The summed E-state index contributed by atoms with van der Waals surface area (Å²) in [6, 6.07) is 0. The standard InChI is InChI=1S/C17H26N4O5S2/c1-6-21(28(5,23)24)9-7-8-18-15(22)14-11(2)13-16(26-4)19-12(10-25-3)20-17(13)27-14/h6-10H2,1-5H3,(H,18,22). The molecular formula is C17H26N4O5S2. The van der Waals surface area contributed by atoms with Gasteiger partial charge in [0, 0.05) is 26.7 Å². The number of amides is 1. The maximum atomic E-state index is 12.6. The summed E-state index contributed by atoms with van der Waals surface area (Å²) in [5, 5.41) is 3.56. The van der Waals surface area contributed by atoms with E-state index in [2.05, 4.69) is 15.3 Å². The molecule has 0 aromatic carbocycles. The number of aromatic nitrogens is 2. The minimum atomic E-state index is -3.23. The molecule has 2 aromatic rings. The van der Waals surface area contributed by atoms with Crippen LogP contribution in [0.1, 0.15) is 34.4 Å². The number of sulfonamides is 1. The van der Waals surface area contributed by atoms with Gasteiger partial charge in [-0.05, 0) is 18.9 Å². The van der Waals surface area contributed by atoms with Gasteiger partial charge in [-0.2, -0.15) is 4.98 Å². The molecule has 0 bridgehead atoms. The molecule has 0 radical (unpaired) electrons. The van der Waals surface area contributed by atoms with Crippen LogP contribution in [0, 0.1) is 6.92 Å². The number of methoxy groups -OCH3 is 2. The number of ether oxygens (including phenoxy) is 2. The molecule has 2 aromatic heterocycles. The van der Waals surface area contributed by atoms with Crippen LogP contribution in [0.5, 0.6) is 5.88 Å². The zero-order valence-electron chi connectivity index (χ0n) is 16.7. The Morgan fingerprint density at radius 3 is 2.57 bits per heavy atom. The SMILES string of the molecule is CCN(CCCNC(=O)c1sc2nc(COC)nc(OC)c2c1C)S(C)(=O)=O. The van der Waals surface area contributed by atoms with Crippen LogP contribution >= 0.6 is 11.3 Å². The molecule has 1 amide bonds. The molecule has 0 saturated heterocycles. The maximum absolute atomic E-state index is 12.6. The van der Waals surface area contributed by atoms with E-state index in [1.165, 1.54) is 29.0 Å². The van der Waals surface area contributed by atoms with Crippen LogP contribution in [-0.2, 0) is 21.4 Å². The van der Waals surface area contributed by atoms with Crippen LogP contribution < -0.4 is 10.1 Å². The second-order valence-corrected chi connectivity index (χ2v) is 9.16. The second-order valence-electron chi connectivity index (χ2n) is 6.18. The molecule has 156 valence electrons. The van der Waals surface area contributed by atoms with Gasteiger partial charge in [0.25, 0.3) is 5.91 Å². The Bertz CT molecular complexity index is 943. The summed E-state index contributed by atoms with van der Waals surface area (Å²) in [7, 11) is -0.143. The minimum absolute atomic E-state index is 0.224. The van der Waals surface area contributed by atoms with Gasteiger partial charge in [-0.3, -0.25) is 4.79 Å². The fourth-order valence-corrected chi connectivity index (χ4v) is 4.83. The summed E-state index contributed by atoms with van der Waals surface area (Å²) in [6.07, 6.45) is 1.71. The Hall–Kier alpha value is -1.82. The van der Waals surface area contributed by atoms with Gasteiger partial charge in [-0.1, -0.05) is 6.92 Å². The lowest BCUT2D eigenvalue weighted by molar-refractivity contribution is 0.0956. The molecule has 0 aliphatic carbocycles. The normalized spacial score (nSPS) is 11.9. The van der Waals surface area contributed by atoms with E-state index in [9.17, 15) is 13.2 Å². The van der Waals surface area contributed by atoms with Gasteiger partial charge in [0.15, 0.2) is 5.82 Å². The highest BCUT2D eigenvalue weighted by Crippen LogP contribution is 2.34. The molecule has 28 heavy (non-hydrogen) atoms. The molecule has 0 unspecified atom stereocenters. The number of hydrogen-bond donors (Lipinski definition) is 1. The Kier molecular flexibility index (Phi) is 7.70. The number of hydrogen-bond acceptors (Lipinski definition) is 8. The van der Waals surface area contributed by atoms with Crippen molar-refractivity contribution in [2.45, 2.75) is 26.9 Å². The van der Waals surface area contributed by atoms with Crippen LogP contribution in [0.2, 0.25) is 0 Å². The van der Waals surface area contributed by atoms with Crippen LogP contribution in [-0.4, -0.2) is 68.7 Å². The molecule has 0 saturated carbocycles. The molecule has 2 heterocycles. The first kappa shape index (κ1) is 22.5. The highest BCUT2D eigenvalue weighted by molar-refractivity contribution is 7.88. The van der Waals surface area contributed by atoms with Crippen molar-refractivity contribution in [3.05, 3.63) is 16.3 Å². The number of carbonyl (C=O) groups excluding carboxylic acids is 1. The first-order chi connectivity index (χ1) is 13.2. The topological polar surface area (TPSA) is 111 Å². The molecule has 11 heteroatoms. The summed E-state index contributed by atoms with van der Waals surface area (Å²) in [5.74, 6) is 0.676. The van der Waals surface area contributed by atoms with Crippen molar-refractivity contribution in [3.8, 4) is 5.88 Å². The summed E-state index contributed by atoms with van der Waals surface area (Å²) in [5.41, 5.74) is 0.754. The molecule has 2 rings (SSSR count). The quantitative estimate of drug-likeness (QED) is 0.569. The Labute approximate surface area is 169 Å². The summed E-state index contributed by atoms with van der Waals surface area (Å²) in [4.78, 5) is 22.6. The van der Waals surface area contributed by atoms with Gasteiger partial charge < -0.3 is 14.8 Å². The van der Waals surface area contributed by atoms with Crippen molar-refractivity contribution in [2.24, 2.45) is 0 Å². The molecule has 0 aliphatic heterocycles. The number of aryl methyl sites for hydroxylation is 1. The average molecular weight is 431 g/mol. The number of nitrogens with zero attached hydrogens (tertiary/aromatic N) is 3. The molecule has 0 fully saturated rings. The lowest BCUT2D eigenvalue weighted by Crippen LogP contribution is -2.33. The van der Waals surface area contributed by atoms with Gasteiger partial charge in [0.05, 0.1) is 23.6 Å². The van der Waals surface area contributed by atoms with Crippen molar-refractivity contribution >= 4 is 37.5 Å². The van der Waals surface area contributed by atoms with E-state index in [0.717, 1.165) is 5.56 Å². The van der Waals surface area contributed by atoms with E-state index in [1.807, 2.05) is 6.92 Å². The van der Waals surface area contributed by atoms with E-state index in [4.69, 9.17) is 9.47 Å². The number of thiophene rings is 1. The summed E-state index contributed by atoms with van der Waals surface area (Å²) >= 11 is 1.27. The summed E-state index contributed by atoms with van der Waals surface area (Å²) in [6.45, 7) is 5.00. The van der Waals surface area contributed by atoms with Crippen LogP contribution in [0.3, 0.4) is 0 Å². The Balaban J connectivity index is 2.12. The largest absolute Gasteiger partial charge is 0.480 e. The maximum Gasteiger partial charge on any atom is 0.261 e. The van der Waals surface area contributed by atoms with E-state index in [0.29, 0.717) is 52.9 Å². The molecule has 1 N–H and O–H groups in total. The van der Waals surface area contributed by atoms with Gasteiger partial charge in [-0.15, -0.1) is 11.3 Å². The number of fused-ring (bicyclic) bond motifs is 1. The third-order valence-electron chi connectivity index (χ3n) is 4.17. The van der Waals surface area contributed by atoms with Gasteiger partial charge in [-0.25, -0.2) is 17.7 Å². The Morgan fingerprint density at radius 1 is 1.29 bits per heavy atom. The third kappa shape index (κ3) is 5.16. The van der Waals surface area contributed by atoms with E-state index >= 15 is 0 Å². The first-order valence-corrected chi connectivity index (χ1v) is 11.5. The second kappa shape index (κ2) is 9.59. The van der Waals surface area contributed by atoms with Crippen LogP contribution in [0.4, 0.5) is 0 Å². The molecular weight excluding hydrogens is 404 g/mol. The van der Waals surface area contributed by atoms with Crippen molar-refractivity contribution < 1.29 is 22.7 Å². The third-order valence-corrected chi connectivity index (χ3v) is 6.73. The number of nitrogens with one attached hydrogen (secondary N) is 1. The zero-order valence-corrected chi connectivity index (χ0v) is 18.4. The first-order valence-electron chi connectivity index (χ1n) is 8.79. The fraction of sp³-hybridized carbons (Fsp3) is 0.588. The van der Waals surface area contributed by atoms with Crippen LogP contribution in [0.25, 0.3) is 10.2 Å². The monoisotopic (exact) mass is 430 g/mol. The number of carbonyl (C=O) groups is 1. The highest BCUT2D eigenvalue weighted by Gasteiger charge is 2.21. The van der Waals surface area contributed by atoms with Crippen LogP contribution in [0.15, 0.2) is 0 Å². The lowest BCUT2D eigenvalue weighted by atomic mass is 10.2. The smallest absolute Gasteiger partial charge is 0.261 e. The van der Waals surface area contributed by atoms with Gasteiger partial charge in [0.2, 0.25) is 15.9 Å². The number of rotatable bonds is 10. The highest BCUT2D eigenvalue weighted by atomic mass is 32.2. The van der Waals surface area contributed by atoms with Crippen molar-refractivity contribution in [1.29, 1.82) is 0 Å². The van der Waals surface area contributed by atoms with Gasteiger partial charge >= 0.3 is 0 Å². The molecule has 0 atom stereocenters. The van der Waals surface area contributed by atoms with E-state index in [1.54, 1.807) is 14.0 Å². The van der Waals surface area contributed by atoms with Gasteiger partial charge in [0.1, 0.15) is 11.4 Å². The molecule has 9 nitrogen and oxygen atoms in total. The minimum Gasteiger partial charge on any atom is -0.480 e. The predicted octanol–water partition coefficient (Wildman–Crippen LogP) is 1.56. The predicted molar refractivity (Wildman–Crippen MR) is 108 cm³/mol. The van der Waals surface area contributed by atoms with E-state index < -0.39 is 10.0 Å². The average Bonchev–Trinajstić information content (AvgIpc) is 2.97. The lowest BCUT2D eigenvalue weighted by Gasteiger charge is -2.17. The van der Waals surface area contributed by atoms with E-state index in [-0.39, 0.29) is 12.5 Å². The zero-order chi connectivity index (χ0) is 20.9. The van der Waals surface area contributed by atoms with Crippen molar-refractivity contribution in [1.82, 2.24) is 19.6 Å². The molecule has 0 spiro atoms. The fourth-order valence-electron chi connectivity index (χ4n) is 2.80. The summed E-state index contributed by atoms with van der Waals surface area (Å²) < 4.78 is 35.0. The van der Waals surface area contributed by atoms with Crippen molar-refractivity contribution in [3.63, 3.8) is 0 Å². The Morgan fingerprint density at radius 2 is 2.00 bits per heavy atom. The molecule has 0 aliphatic rings.